The molecule has 0 aromatic heterocycles. The fraction of sp³-hybridized carbons (Fsp3) is 0.440. The van der Waals surface area contributed by atoms with Gasteiger partial charge in [-0.3, -0.25) is 4.79 Å². The van der Waals surface area contributed by atoms with Crippen molar-refractivity contribution in [2.75, 3.05) is 31.6 Å². The highest BCUT2D eigenvalue weighted by Crippen LogP contribution is 2.37. The smallest absolute Gasteiger partial charge is 0.318 e. The number of likely N-dealkylation sites (tertiary alicyclic amines) is 1. The first-order valence-corrected chi connectivity index (χ1v) is 13.1. The van der Waals surface area contributed by atoms with E-state index in [1.165, 1.54) is 24.3 Å². The summed E-state index contributed by atoms with van der Waals surface area (Å²) < 4.78 is 32.9. The number of amides is 3. The van der Waals surface area contributed by atoms with Crippen LogP contribution in [0, 0.1) is 5.41 Å². The van der Waals surface area contributed by atoms with Crippen molar-refractivity contribution in [1.29, 1.82) is 0 Å². The Balaban J connectivity index is 0.00000241. The van der Waals surface area contributed by atoms with Crippen molar-refractivity contribution in [3.8, 4) is 0 Å². The maximum absolute atomic E-state index is 13.2. The van der Waals surface area contributed by atoms with Crippen LogP contribution in [-0.2, 0) is 26.0 Å². The van der Waals surface area contributed by atoms with Gasteiger partial charge in [-0.1, -0.05) is 30.3 Å². The SMILES string of the molecule is CC(C)(C)NS(=O)(=O)c1ccc(NC(=O)[C@H](Cc2ccccc2)NC(=O)N2CC3(COC3)C2)cc1.[HH].[HH].[HH]. The number of ether oxygens (including phenoxy) is 1. The Morgan fingerprint density at radius 2 is 1.69 bits per heavy atom. The van der Waals surface area contributed by atoms with E-state index in [2.05, 4.69) is 15.4 Å². The van der Waals surface area contributed by atoms with Gasteiger partial charge in [-0.2, -0.15) is 0 Å². The molecule has 2 aliphatic rings. The standard InChI is InChI=1S/C25H32N4O5S.3H2/c1-24(2,3)28-35(32,33)20-11-9-19(10-12-20)26-22(30)21(13-18-7-5-4-6-8-18)27-23(31)29-14-25(15-29)16-34-17-25;;;/h4-12,21,28H,13-17H2,1-3H3,(H,26,30)(H,27,31);3*1H/t21-;;;/m0.../s1. The summed E-state index contributed by atoms with van der Waals surface area (Å²) in [7, 11) is -3.68. The van der Waals surface area contributed by atoms with Crippen molar-refractivity contribution in [3.05, 3.63) is 60.2 Å². The number of nitrogens with zero attached hydrogens (tertiary/aromatic N) is 1. The quantitative estimate of drug-likeness (QED) is 0.534. The molecule has 10 heteroatoms. The molecule has 0 aliphatic carbocycles. The Morgan fingerprint density at radius 1 is 1.06 bits per heavy atom. The fourth-order valence-electron chi connectivity index (χ4n) is 4.19. The molecular formula is C25H38N4O5S. The zero-order valence-electron chi connectivity index (χ0n) is 20.2. The predicted molar refractivity (Wildman–Crippen MR) is 139 cm³/mol. The van der Waals surface area contributed by atoms with Crippen LogP contribution in [0.15, 0.2) is 59.5 Å². The first kappa shape index (κ1) is 25.2. The third kappa shape index (κ3) is 6.19. The zero-order chi connectivity index (χ0) is 25.3. The maximum Gasteiger partial charge on any atom is 0.318 e. The van der Waals surface area contributed by atoms with Crippen LogP contribution in [0.3, 0.4) is 0 Å². The van der Waals surface area contributed by atoms with Gasteiger partial charge in [0, 0.05) is 35.0 Å². The van der Waals surface area contributed by atoms with Gasteiger partial charge in [-0.05, 0) is 50.6 Å². The van der Waals surface area contributed by atoms with E-state index < -0.39 is 21.6 Å². The summed E-state index contributed by atoms with van der Waals surface area (Å²) in [6.45, 7) is 7.87. The van der Waals surface area contributed by atoms with Gasteiger partial charge in [0.15, 0.2) is 0 Å². The van der Waals surface area contributed by atoms with E-state index in [0.29, 0.717) is 38.4 Å². The Kier molecular flexibility index (Phi) is 6.90. The summed E-state index contributed by atoms with van der Waals surface area (Å²) in [6.07, 6.45) is 0.322. The normalized spacial score (nSPS) is 17.7. The Morgan fingerprint density at radius 3 is 2.23 bits per heavy atom. The lowest BCUT2D eigenvalue weighted by atomic mass is 9.78. The Labute approximate surface area is 210 Å². The lowest BCUT2D eigenvalue weighted by molar-refractivity contribution is -0.175. The molecule has 2 aromatic carbocycles. The Bertz CT molecular complexity index is 1180. The van der Waals surface area contributed by atoms with Crippen LogP contribution < -0.4 is 15.4 Å². The van der Waals surface area contributed by atoms with Gasteiger partial charge >= 0.3 is 6.03 Å². The summed E-state index contributed by atoms with van der Waals surface area (Å²) in [5.41, 5.74) is 0.816. The topological polar surface area (TPSA) is 117 Å². The van der Waals surface area contributed by atoms with Gasteiger partial charge in [-0.25, -0.2) is 17.9 Å². The molecule has 194 valence electrons. The third-order valence-corrected chi connectivity index (χ3v) is 7.70. The van der Waals surface area contributed by atoms with Crippen molar-refractivity contribution in [2.45, 2.75) is 43.7 Å². The molecule has 3 N–H and O–H groups in total. The fourth-order valence-corrected chi connectivity index (χ4v) is 5.61. The number of hydrogen-bond donors (Lipinski definition) is 3. The van der Waals surface area contributed by atoms with Crippen LogP contribution in [0.1, 0.15) is 30.6 Å². The number of anilines is 1. The molecule has 3 amide bonds. The van der Waals surface area contributed by atoms with E-state index in [1.807, 2.05) is 30.3 Å². The molecule has 9 nitrogen and oxygen atoms in total. The molecule has 0 radical (unpaired) electrons. The number of carbonyl (C=O) groups is 2. The van der Waals surface area contributed by atoms with E-state index in [9.17, 15) is 18.0 Å². The van der Waals surface area contributed by atoms with E-state index in [0.717, 1.165) is 5.56 Å². The van der Waals surface area contributed by atoms with Gasteiger partial charge in [0.05, 0.1) is 23.5 Å². The molecule has 0 unspecified atom stereocenters. The second kappa shape index (κ2) is 9.60. The van der Waals surface area contributed by atoms with Gasteiger partial charge in [-0.15, -0.1) is 0 Å². The van der Waals surface area contributed by atoms with E-state index in [1.54, 1.807) is 25.7 Å². The largest absolute Gasteiger partial charge is 0.380 e. The van der Waals surface area contributed by atoms with Crippen LogP contribution >= 0.6 is 0 Å². The van der Waals surface area contributed by atoms with Crippen molar-refractivity contribution in [2.24, 2.45) is 5.41 Å². The molecule has 1 spiro atoms. The first-order valence-electron chi connectivity index (χ1n) is 11.6. The number of urea groups is 1. The molecule has 2 aliphatic heterocycles. The Hall–Kier alpha value is -2.95. The minimum absolute atomic E-state index is 0. The van der Waals surface area contributed by atoms with Crippen molar-refractivity contribution < 1.29 is 27.0 Å². The number of nitrogens with one attached hydrogen (secondary N) is 3. The van der Waals surface area contributed by atoms with E-state index in [-0.39, 0.29) is 26.5 Å². The average molecular weight is 507 g/mol. The number of carbonyl (C=O) groups excluding carboxylic acids is 2. The average Bonchev–Trinajstić information content (AvgIpc) is 2.70. The second-order valence-electron chi connectivity index (χ2n) is 10.4. The first-order chi connectivity index (χ1) is 16.4. The van der Waals surface area contributed by atoms with Gasteiger partial charge in [0.25, 0.3) is 0 Å². The number of hydrogen-bond acceptors (Lipinski definition) is 5. The lowest BCUT2D eigenvalue weighted by Gasteiger charge is -2.54. The minimum Gasteiger partial charge on any atom is -0.380 e. The molecule has 0 saturated carbocycles. The summed E-state index contributed by atoms with van der Waals surface area (Å²) in [6, 6.07) is 14.3. The van der Waals surface area contributed by atoms with Crippen molar-refractivity contribution in [1.82, 2.24) is 14.9 Å². The number of sulfonamides is 1. The van der Waals surface area contributed by atoms with Crippen LogP contribution in [0.2, 0.25) is 0 Å². The number of benzene rings is 2. The van der Waals surface area contributed by atoms with E-state index in [4.69, 9.17) is 4.74 Å². The highest BCUT2D eigenvalue weighted by molar-refractivity contribution is 7.89. The summed E-state index contributed by atoms with van der Waals surface area (Å²) in [5, 5.41) is 5.66. The van der Waals surface area contributed by atoms with Crippen LogP contribution in [-0.4, -0.2) is 63.1 Å². The summed E-state index contributed by atoms with van der Waals surface area (Å²) >= 11 is 0. The van der Waals surface area contributed by atoms with Crippen LogP contribution in [0.5, 0.6) is 0 Å². The lowest BCUT2D eigenvalue weighted by Crippen LogP contribution is -2.69. The predicted octanol–water partition coefficient (Wildman–Crippen LogP) is 3.09. The molecule has 2 fully saturated rings. The summed E-state index contributed by atoms with van der Waals surface area (Å²) in [4.78, 5) is 27.7. The van der Waals surface area contributed by atoms with Gasteiger partial charge in [0.1, 0.15) is 6.04 Å². The maximum atomic E-state index is 13.2. The minimum atomic E-state index is -3.68. The molecule has 2 saturated heterocycles. The van der Waals surface area contributed by atoms with Gasteiger partial charge in [0.2, 0.25) is 15.9 Å². The molecular weight excluding hydrogens is 468 g/mol. The summed E-state index contributed by atoms with van der Waals surface area (Å²) in [5.74, 6) is -0.382. The monoisotopic (exact) mass is 506 g/mol. The van der Waals surface area contributed by atoms with Crippen molar-refractivity contribution >= 4 is 27.6 Å². The third-order valence-electron chi connectivity index (χ3n) is 5.93. The van der Waals surface area contributed by atoms with E-state index >= 15 is 0 Å². The molecule has 2 aromatic rings. The molecule has 1 atom stereocenters. The van der Waals surface area contributed by atoms with Crippen LogP contribution in [0.4, 0.5) is 10.5 Å². The molecule has 35 heavy (non-hydrogen) atoms. The highest BCUT2D eigenvalue weighted by Gasteiger charge is 2.51. The van der Waals surface area contributed by atoms with Gasteiger partial charge < -0.3 is 20.3 Å². The molecule has 0 bridgehead atoms. The second-order valence-corrected chi connectivity index (χ2v) is 12.1. The molecule has 2 heterocycles. The zero-order valence-corrected chi connectivity index (χ0v) is 21.0. The number of rotatable bonds is 7. The molecule has 4 rings (SSSR count). The van der Waals surface area contributed by atoms with Crippen LogP contribution in [0.25, 0.3) is 0 Å². The van der Waals surface area contributed by atoms with Crippen molar-refractivity contribution in [3.63, 3.8) is 0 Å². The highest BCUT2D eigenvalue weighted by atomic mass is 32.2.